The predicted octanol–water partition coefficient (Wildman–Crippen LogP) is 1.80. The summed E-state index contributed by atoms with van der Waals surface area (Å²) in [4.78, 5) is 20.9. The van der Waals surface area contributed by atoms with Crippen LogP contribution in [0.15, 0.2) is 4.52 Å². The number of hydrogen-bond acceptors (Lipinski definition) is 6. The number of carbonyl (C=O) groups excluding carboxylic acids is 1. The summed E-state index contributed by atoms with van der Waals surface area (Å²) < 4.78 is 5.29. The second-order valence-electron chi connectivity index (χ2n) is 7.26. The van der Waals surface area contributed by atoms with Gasteiger partial charge >= 0.3 is 0 Å². The van der Waals surface area contributed by atoms with Gasteiger partial charge in [-0.1, -0.05) is 19.3 Å². The van der Waals surface area contributed by atoms with Crippen molar-refractivity contribution in [1.29, 1.82) is 0 Å². The molecular weight excluding hydrogens is 306 g/mol. The lowest BCUT2D eigenvalue weighted by molar-refractivity contribution is -0.126. The molecule has 1 aromatic rings. The molecule has 1 aliphatic carbocycles. The second-order valence-corrected chi connectivity index (χ2v) is 7.26. The van der Waals surface area contributed by atoms with Crippen LogP contribution in [-0.2, 0) is 11.3 Å². The van der Waals surface area contributed by atoms with Crippen LogP contribution in [-0.4, -0.2) is 54.2 Å². The lowest BCUT2D eigenvalue weighted by atomic mass is 9.89. The minimum atomic E-state index is -0.0664. The summed E-state index contributed by atoms with van der Waals surface area (Å²) in [5, 5.41) is 7.12. The van der Waals surface area contributed by atoms with E-state index in [9.17, 15) is 4.79 Å². The Hall–Kier alpha value is -1.63. The summed E-state index contributed by atoms with van der Waals surface area (Å²) in [5.41, 5.74) is 0. The van der Waals surface area contributed by atoms with Crippen molar-refractivity contribution in [1.82, 2.24) is 20.4 Å². The molecule has 2 fully saturated rings. The van der Waals surface area contributed by atoms with Gasteiger partial charge in [0.15, 0.2) is 0 Å². The van der Waals surface area contributed by atoms with Crippen LogP contribution in [0.1, 0.15) is 50.8 Å². The molecule has 1 aliphatic heterocycles. The Morgan fingerprint density at radius 3 is 2.75 bits per heavy atom. The minimum absolute atomic E-state index is 0.0664. The highest BCUT2D eigenvalue weighted by Crippen LogP contribution is 2.24. The van der Waals surface area contributed by atoms with E-state index < -0.39 is 0 Å². The zero-order valence-electron chi connectivity index (χ0n) is 14.8. The normalized spacial score (nSPS) is 22.7. The van der Waals surface area contributed by atoms with Crippen molar-refractivity contribution in [3.8, 4) is 0 Å². The number of aromatic nitrogens is 2. The van der Waals surface area contributed by atoms with E-state index in [-0.39, 0.29) is 11.9 Å². The largest absolute Gasteiger partial charge is 0.354 e. The lowest BCUT2D eigenvalue weighted by Gasteiger charge is -2.25. The highest BCUT2D eigenvalue weighted by Gasteiger charge is 2.32. The number of likely N-dealkylation sites (tertiary alicyclic amines) is 1. The van der Waals surface area contributed by atoms with Crippen LogP contribution >= 0.6 is 0 Å². The smallest absolute Gasteiger partial charge is 0.265 e. The van der Waals surface area contributed by atoms with Crippen molar-refractivity contribution in [2.75, 3.05) is 32.1 Å². The molecule has 0 aromatic carbocycles. The van der Waals surface area contributed by atoms with E-state index in [0.717, 1.165) is 25.9 Å². The number of hydrogen-bond donors (Lipinski definition) is 1. The Morgan fingerprint density at radius 1 is 1.25 bits per heavy atom. The average molecular weight is 335 g/mol. The molecule has 1 atom stereocenters. The number of anilines is 1. The van der Waals surface area contributed by atoms with Crippen LogP contribution in [0.2, 0.25) is 0 Å². The number of nitrogens with zero attached hydrogens (tertiary/aromatic N) is 4. The van der Waals surface area contributed by atoms with Crippen molar-refractivity contribution in [2.45, 2.75) is 57.5 Å². The van der Waals surface area contributed by atoms with E-state index >= 15 is 0 Å². The maximum Gasteiger partial charge on any atom is 0.265 e. The molecule has 0 unspecified atom stereocenters. The molecule has 1 aromatic heterocycles. The van der Waals surface area contributed by atoms with Gasteiger partial charge in [-0.3, -0.25) is 9.69 Å². The van der Waals surface area contributed by atoms with E-state index in [1.807, 2.05) is 19.0 Å². The molecule has 0 bridgehead atoms. The SMILES string of the molecule is CN(C)c1noc(CN2CCC[C@@H]2C(=O)NCC2CCCCC2)n1. The molecule has 1 N–H and O–H groups in total. The summed E-state index contributed by atoms with van der Waals surface area (Å²) in [6.45, 7) is 2.28. The first-order chi connectivity index (χ1) is 11.6. The van der Waals surface area contributed by atoms with Crippen molar-refractivity contribution in [3.63, 3.8) is 0 Å². The molecule has 2 heterocycles. The average Bonchev–Trinajstić information content (AvgIpc) is 3.23. The molecule has 1 amide bonds. The van der Waals surface area contributed by atoms with Gasteiger partial charge in [0.1, 0.15) is 0 Å². The molecule has 1 saturated heterocycles. The molecule has 3 rings (SSSR count). The molecule has 1 saturated carbocycles. The molecule has 2 aliphatic rings. The van der Waals surface area contributed by atoms with Gasteiger partial charge in [0, 0.05) is 20.6 Å². The zero-order chi connectivity index (χ0) is 16.9. The van der Waals surface area contributed by atoms with Crippen LogP contribution < -0.4 is 10.2 Å². The van der Waals surface area contributed by atoms with Crippen molar-refractivity contribution in [2.24, 2.45) is 5.92 Å². The predicted molar refractivity (Wildman–Crippen MR) is 91.6 cm³/mol. The van der Waals surface area contributed by atoms with Crippen LogP contribution in [0.4, 0.5) is 5.95 Å². The van der Waals surface area contributed by atoms with E-state index in [4.69, 9.17) is 4.52 Å². The summed E-state index contributed by atoms with van der Waals surface area (Å²) in [6, 6.07) is -0.0664. The first-order valence-corrected chi connectivity index (χ1v) is 9.15. The van der Waals surface area contributed by atoms with Gasteiger partial charge < -0.3 is 14.7 Å². The number of amides is 1. The fourth-order valence-corrected chi connectivity index (χ4v) is 3.73. The molecular formula is C17H29N5O2. The van der Waals surface area contributed by atoms with Crippen molar-refractivity contribution >= 4 is 11.9 Å². The Morgan fingerprint density at radius 2 is 2.04 bits per heavy atom. The summed E-state index contributed by atoms with van der Waals surface area (Å²) in [6.07, 6.45) is 8.41. The van der Waals surface area contributed by atoms with Gasteiger partial charge in [0.05, 0.1) is 12.6 Å². The summed E-state index contributed by atoms with van der Waals surface area (Å²) in [5.74, 6) is 1.97. The number of nitrogens with one attached hydrogen (secondary N) is 1. The van der Waals surface area contributed by atoms with Crippen LogP contribution in [0.3, 0.4) is 0 Å². The quantitative estimate of drug-likeness (QED) is 0.854. The number of rotatable bonds is 6. The third-order valence-electron chi connectivity index (χ3n) is 5.15. The first-order valence-electron chi connectivity index (χ1n) is 9.15. The van der Waals surface area contributed by atoms with E-state index in [2.05, 4.69) is 20.4 Å². The minimum Gasteiger partial charge on any atom is -0.354 e. The fraction of sp³-hybridized carbons (Fsp3) is 0.824. The number of carbonyl (C=O) groups is 1. The zero-order valence-corrected chi connectivity index (χ0v) is 14.8. The standard InChI is InChI=1S/C17H29N5O2/c1-21(2)17-19-15(24-20-17)12-22-10-6-9-14(22)16(23)18-11-13-7-4-3-5-8-13/h13-14H,3-12H2,1-2H3,(H,18,23)/t14-/m1/s1. The Kier molecular flexibility index (Phi) is 5.71. The van der Waals surface area contributed by atoms with Gasteiger partial charge in [-0.2, -0.15) is 4.98 Å². The van der Waals surface area contributed by atoms with Gasteiger partial charge in [0.2, 0.25) is 11.8 Å². The third-order valence-corrected chi connectivity index (χ3v) is 5.15. The molecule has 7 heteroatoms. The van der Waals surface area contributed by atoms with Crippen molar-refractivity contribution < 1.29 is 9.32 Å². The van der Waals surface area contributed by atoms with Crippen LogP contribution in [0, 0.1) is 5.92 Å². The van der Waals surface area contributed by atoms with E-state index in [1.54, 1.807) is 0 Å². The molecule has 0 radical (unpaired) electrons. The molecule has 0 spiro atoms. The van der Waals surface area contributed by atoms with Crippen LogP contribution in [0.25, 0.3) is 0 Å². The van der Waals surface area contributed by atoms with E-state index in [0.29, 0.717) is 24.3 Å². The second kappa shape index (κ2) is 7.96. The first kappa shape index (κ1) is 17.2. The topological polar surface area (TPSA) is 74.5 Å². The Balaban J connectivity index is 1.51. The monoisotopic (exact) mass is 335 g/mol. The maximum atomic E-state index is 12.6. The summed E-state index contributed by atoms with van der Waals surface area (Å²) in [7, 11) is 3.76. The lowest BCUT2D eigenvalue weighted by Crippen LogP contribution is -2.44. The fourth-order valence-electron chi connectivity index (χ4n) is 3.73. The maximum absolute atomic E-state index is 12.6. The molecule has 24 heavy (non-hydrogen) atoms. The molecule has 7 nitrogen and oxygen atoms in total. The van der Waals surface area contributed by atoms with Gasteiger partial charge in [0.25, 0.3) is 5.95 Å². The van der Waals surface area contributed by atoms with Gasteiger partial charge in [-0.05, 0) is 43.3 Å². The van der Waals surface area contributed by atoms with Gasteiger partial charge in [-0.25, -0.2) is 0 Å². The Bertz CT molecular complexity index is 539. The molecule has 134 valence electrons. The highest BCUT2D eigenvalue weighted by molar-refractivity contribution is 5.82. The highest BCUT2D eigenvalue weighted by atomic mass is 16.5. The van der Waals surface area contributed by atoms with Crippen LogP contribution in [0.5, 0.6) is 0 Å². The van der Waals surface area contributed by atoms with E-state index in [1.165, 1.54) is 32.1 Å². The van der Waals surface area contributed by atoms with Gasteiger partial charge in [-0.15, -0.1) is 0 Å². The Labute approximate surface area is 143 Å². The third kappa shape index (κ3) is 4.26. The summed E-state index contributed by atoms with van der Waals surface area (Å²) >= 11 is 0. The van der Waals surface area contributed by atoms with Crippen molar-refractivity contribution in [3.05, 3.63) is 5.89 Å².